The molecule has 5 atom stereocenters. The number of benzene rings is 1. The Morgan fingerprint density at radius 3 is 2.38 bits per heavy atom. The van der Waals surface area contributed by atoms with Crippen molar-refractivity contribution in [1.82, 2.24) is 9.80 Å². The van der Waals surface area contributed by atoms with E-state index in [1.807, 2.05) is 49.1 Å². The highest BCUT2D eigenvalue weighted by Gasteiger charge is 2.74. The van der Waals surface area contributed by atoms with E-state index in [0.29, 0.717) is 19.7 Å². The number of carbonyl (C=O) groups is 3. The lowest BCUT2D eigenvalue weighted by Gasteiger charge is -2.39. The van der Waals surface area contributed by atoms with E-state index in [2.05, 4.69) is 18.2 Å². The second kappa shape index (κ2) is 10.6. The maximum absolute atomic E-state index is 14.4. The van der Waals surface area contributed by atoms with Gasteiger partial charge in [0, 0.05) is 36.1 Å². The fourth-order valence-electron chi connectivity index (χ4n) is 7.73. The molecule has 1 aromatic carbocycles. The van der Waals surface area contributed by atoms with Crippen LogP contribution in [-0.4, -0.2) is 87.1 Å². The number of fused-ring (bicyclic) bond motifs is 2. The number of anilines is 1. The minimum absolute atomic E-state index is 0.0476. The van der Waals surface area contributed by atoms with E-state index >= 15 is 0 Å². The van der Waals surface area contributed by atoms with Gasteiger partial charge in [-0.1, -0.05) is 43.6 Å². The van der Waals surface area contributed by atoms with Crippen LogP contribution in [0.25, 0.3) is 0 Å². The summed E-state index contributed by atoms with van der Waals surface area (Å²) < 4.78 is 4.05. The largest absolute Gasteiger partial charge is 0.494 e. The van der Waals surface area contributed by atoms with E-state index < -0.39 is 27.4 Å². The van der Waals surface area contributed by atoms with E-state index in [1.54, 1.807) is 21.6 Å². The van der Waals surface area contributed by atoms with Crippen LogP contribution < -0.4 is 9.64 Å². The van der Waals surface area contributed by atoms with Gasteiger partial charge in [0.1, 0.15) is 11.8 Å². The van der Waals surface area contributed by atoms with Crippen molar-refractivity contribution in [1.29, 1.82) is 0 Å². The van der Waals surface area contributed by atoms with Crippen LogP contribution in [0.1, 0.15) is 46.0 Å². The van der Waals surface area contributed by atoms with Gasteiger partial charge in [0.25, 0.3) is 0 Å². The maximum Gasteiger partial charge on any atom is 0.247 e. The molecule has 9 heteroatoms. The second-order valence-corrected chi connectivity index (χ2v) is 13.5. The third-order valence-electron chi connectivity index (χ3n) is 9.40. The van der Waals surface area contributed by atoms with Crippen LogP contribution in [0.3, 0.4) is 0 Å². The van der Waals surface area contributed by atoms with Crippen molar-refractivity contribution in [3.8, 4) is 5.75 Å². The molecule has 1 spiro atoms. The summed E-state index contributed by atoms with van der Waals surface area (Å²) in [6, 6.07) is 6.90. The molecule has 1 aromatic rings. The number of amides is 3. The molecular weight excluding hydrogens is 526 g/mol. The SMILES string of the molecule is CCOc1ccc(N2CC=C[C@@]3(C)S[C@]45C=CCN(C6CCCCC6)C(=O)C4N(CCO)C(=O)[C@@H]5[C@H]3C2=O)cc1. The number of carbonyl (C=O) groups excluding carboxylic acids is 3. The van der Waals surface area contributed by atoms with E-state index in [0.717, 1.165) is 37.1 Å². The number of ether oxygens (including phenoxy) is 1. The second-order valence-electron chi connectivity index (χ2n) is 11.7. The molecule has 4 heterocycles. The molecule has 214 valence electrons. The lowest BCUT2D eigenvalue weighted by Crippen LogP contribution is -2.56. The maximum atomic E-state index is 14.4. The summed E-state index contributed by atoms with van der Waals surface area (Å²) in [7, 11) is 0. The molecule has 3 fully saturated rings. The van der Waals surface area contributed by atoms with Gasteiger partial charge in [-0.3, -0.25) is 14.4 Å². The van der Waals surface area contributed by atoms with Crippen LogP contribution >= 0.6 is 11.8 Å². The fourth-order valence-corrected chi connectivity index (χ4v) is 9.89. The zero-order valence-corrected chi connectivity index (χ0v) is 24.1. The molecule has 0 bridgehead atoms. The Hall–Kier alpha value is -2.78. The average Bonchev–Trinajstić information content (AvgIpc) is 3.21. The molecule has 40 heavy (non-hydrogen) atoms. The molecule has 1 saturated carbocycles. The number of aliphatic hydroxyl groups excluding tert-OH is 1. The normalized spacial score (nSPS) is 34.0. The molecule has 3 amide bonds. The van der Waals surface area contributed by atoms with Crippen molar-refractivity contribution in [3.63, 3.8) is 0 Å². The first-order chi connectivity index (χ1) is 19.3. The minimum atomic E-state index is -0.881. The number of thioether (sulfide) groups is 1. The van der Waals surface area contributed by atoms with Crippen molar-refractivity contribution in [3.05, 3.63) is 48.6 Å². The van der Waals surface area contributed by atoms with Gasteiger partial charge in [0.05, 0.1) is 29.8 Å². The predicted molar refractivity (Wildman–Crippen MR) is 155 cm³/mol. The van der Waals surface area contributed by atoms with Crippen LogP contribution in [0.5, 0.6) is 5.75 Å². The molecule has 8 nitrogen and oxygen atoms in total. The van der Waals surface area contributed by atoms with Crippen molar-refractivity contribution < 1.29 is 24.2 Å². The Bertz CT molecular complexity index is 1230. The summed E-state index contributed by atoms with van der Waals surface area (Å²) in [5.41, 5.74) is 0.749. The van der Waals surface area contributed by atoms with Crippen LogP contribution in [0.2, 0.25) is 0 Å². The molecular formula is C31H39N3O5S. The first kappa shape index (κ1) is 27.4. The standard InChI is InChI=1S/C31H39N3O5S/c1-3-39-23-13-11-22(12-14-23)32-17-7-15-30(2)24(27(32)36)25-28(37)34(19-20-35)26-29(38)33(21-9-5-4-6-10-21)18-8-16-31(25,26)40-30/h7-8,11-16,21,24-26,35H,3-6,9-10,17-20H2,1-2H3/t24-,25-,26?,30+,31-/m0/s1. The number of rotatable bonds is 6. The monoisotopic (exact) mass is 565 g/mol. The zero-order chi connectivity index (χ0) is 28.1. The minimum Gasteiger partial charge on any atom is -0.494 e. The van der Waals surface area contributed by atoms with E-state index in [4.69, 9.17) is 4.74 Å². The van der Waals surface area contributed by atoms with Gasteiger partial charge in [0.2, 0.25) is 17.7 Å². The van der Waals surface area contributed by atoms with Crippen molar-refractivity contribution >= 4 is 35.2 Å². The summed E-state index contributed by atoms with van der Waals surface area (Å²) in [4.78, 5) is 48.4. The van der Waals surface area contributed by atoms with Gasteiger partial charge in [-0.05, 0) is 51.0 Å². The van der Waals surface area contributed by atoms with Crippen LogP contribution in [-0.2, 0) is 14.4 Å². The molecule has 1 unspecified atom stereocenters. The highest BCUT2D eigenvalue weighted by Crippen LogP contribution is 2.65. The van der Waals surface area contributed by atoms with Crippen LogP contribution in [0.15, 0.2) is 48.6 Å². The van der Waals surface area contributed by atoms with Crippen molar-refractivity contribution in [2.24, 2.45) is 11.8 Å². The van der Waals surface area contributed by atoms with E-state index in [-0.39, 0.29) is 36.9 Å². The van der Waals surface area contributed by atoms with Gasteiger partial charge < -0.3 is 24.5 Å². The van der Waals surface area contributed by atoms with Gasteiger partial charge >= 0.3 is 0 Å². The number of aliphatic hydroxyl groups is 1. The van der Waals surface area contributed by atoms with Crippen LogP contribution in [0.4, 0.5) is 5.69 Å². The Balaban J connectivity index is 1.40. The third-order valence-corrected chi connectivity index (χ3v) is 11.2. The summed E-state index contributed by atoms with van der Waals surface area (Å²) in [6.45, 7) is 5.29. The molecule has 1 aliphatic carbocycles. The molecule has 2 saturated heterocycles. The lowest BCUT2D eigenvalue weighted by atomic mass is 9.74. The Morgan fingerprint density at radius 1 is 0.950 bits per heavy atom. The average molecular weight is 566 g/mol. The molecule has 0 radical (unpaired) electrons. The molecule has 4 aliphatic heterocycles. The van der Waals surface area contributed by atoms with E-state index in [9.17, 15) is 19.5 Å². The van der Waals surface area contributed by atoms with Crippen LogP contribution in [0, 0.1) is 11.8 Å². The van der Waals surface area contributed by atoms with Crippen molar-refractivity contribution in [2.75, 3.05) is 37.7 Å². The number of β-amino-alcohol motifs (C(OH)–C–C–N with tert-alkyl or cyclic N) is 1. The van der Waals surface area contributed by atoms with Gasteiger partial charge in [0.15, 0.2) is 0 Å². The quantitative estimate of drug-likeness (QED) is 0.532. The van der Waals surface area contributed by atoms with Gasteiger partial charge in [-0.25, -0.2) is 0 Å². The topological polar surface area (TPSA) is 90.4 Å². The predicted octanol–water partition coefficient (Wildman–Crippen LogP) is 3.40. The van der Waals surface area contributed by atoms with Gasteiger partial charge in [-0.15, -0.1) is 11.8 Å². The molecule has 1 N–H and O–H groups in total. The Kier molecular flexibility index (Phi) is 7.23. The summed E-state index contributed by atoms with van der Waals surface area (Å²) in [5, 5.41) is 9.96. The summed E-state index contributed by atoms with van der Waals surface area (Å²) in [5.74, 6) is -0.987. The third kappa shape index (κ3) is 4.19. The Labute approximate surface area is 240 Å². The number of hydrogen-bond acceptors (Lipinski definition) is 6. The fraction of sp³-hybridized carbons (Fsp3) is 0.581. The zero-order valence-electron chi connectivity index (χ0n) is 23.3. The summed E-state index contributed by atoms with van der Waals surface area (Å²) >= 11 is 1.59. The lowest BCUT2D eigenvalue weighted by molar-refractivity contribution is -0.144. The highest BCUT2D eigenvalue weighted by molar-refractivity contribution is 8.02. The smallest absolute Gasteiger partial charge is 0.247 e. The molecule has 0 aromatic heterocycles. The Morgan fingerprint density at radius 2 is 1.68 bits per heavy atom. The van der Waals surface area contributed by atoms with E-state index in [1.165, 1.54) is 6.42 Å². The summed E-state index contributed by atoms with van der Waals surface area (Å²) in [6.07, 6.45) is 13.5. The molecule has 6 rings (SSSR count). The van der Waals surface area contributed by atoms with Crippen molar-refractivity contribution in [2.45, 2.75) is 67.5 Å². The first-order valence-corrected chi connectivity index (χ1v) is 15.5. The molecule has 5 aliphatic rings. The highest BCUT2D eigenvalue weighted by atomic mass is 32.2. The first-order valence-electron chi connectivity index (χ1n) is 14.7. The van der Waals surface area contributed by atoms with Gasteiger partial charge in [-0.2, -0.15) is 0 Å². The number of nitrogens with zero attached hydrogens (tertiary/aromatic N) is 3. The number of hydrogen-bond donors (Lipinski definition) is 1. The number of likely N-dealkylation sites (tertiary alicyclic amines) is 1.